The van der Waals surface area contributed by atoms with Crippen molar-refractivity contribution in [3.05, 3.63) is 12.5 Å². The number of hydrogen-bond acceptors (Lipinski definition) is 6. The zero-order valence-electron chi connectivity index (χ0n) is 14.3. The second kappa shape index (κ2) is 7.23. The predicted molar refractivity (Wildman–Crippen MR) is 90.7 cm³/mol. The summed E-state index contributed by atoms with van der Waals surface area (Å²) >= 11 is 0. The van der Waals surface area contributed by atoms with Crippen molar-refractivity contribution in [3.8, 4) is 0 Å². The Morgan fingerprint density at radius 1 is 1.26 bits per heavy atom. The van der Waals surface area contributed by atoms with Crippen molar-refractivity contribution >= 4 is 16.9 Å². The molecular weight excluding hydrogens is 292 g/mol. The van der Waals surface area contributed by atoms with Gasteiger partial charge in [0.2, 0.25) is 0 Å². The second-order valence-electron chi connectivity index (χ2n) is 5.94. The van der Waals surface area contributed by atoms with Crippen LogP contribution in [0, 0.1) is 0 Å². The molecule has 0 unspecified atom stereocenters. The van der Waals surface area contributed by atoms with Gasteiger partial charge in [0.1, 0.15) is 12.1 Å². The monoisotopic (exact) mass is 318 g/mol. The van der Waals surface area contributed by atoms with E-state index in [-0.39, 0.29) is 0 Å². The van der Waals surface area contributed by atoms with Crippen LogP contribution in [-0.4, -0.2) is 70.1 Å². The lowest BCUT2D eigenvalue weighted by molar-refractivity contribution is 0.0869. The van der Waals surface area contributed by atoms with Gasteiger partial charge in [0.05, 0.1) is 18.2 Å². The van der Waals surface area contributed by atoms with Crippen LogP contribution in [0.5, 0.6) is 0 Å². The van der Waals surface area contributed by atoms with E-state index >= 15 is 0 Å². The minimum Gasteiger partial charge on any atom is -0.380 e. The highest BCUT2D eigenvalue weighted by molar-refractivity contribution is 5.86. The molecule has 0 aliphatic carbocycles. The van der Waals surface area contributed by atoms with Crippen molar-refractivity contribution in [2.24, 2.45) is 7.05 Å². The number of anilines is 1. The number of fused-ring (bicyclic) bond motifs is 1. The molecule has 0 N–H and O–H groups in total. The van der Waals surface area contributed by atoms with E-state index in [1.807, 2.05) is 20.2 Å². The average molecular weight is 318 g/mol. The molecule has 1 fully saturated rings. The van der Waals surface area contributed by atoms with Gasteiger partial charge in [0.15, 0.2) is 5.65 Å². The molecule has 1 aliphatic heterocycles. The quantitative estimate of drug-likeness (QED) is 0.748. The molecule has 126 valence electrons. The molecule has 0 saturated carbocycles. The van der Waals surface area contributed by atoms with Crippen molar-refractivity contribution in [3.63, 3.8) is 0 Å². The minimum absolute atomic E-state index is 0.533. The van der Waals surface area contributed by atoms with Gasteiger partial charge in [-0.25, -0.2) is 9.97 Å². The van der Waals surface area contributed by atoms with E-state index in [0.717, 1.165) is 62.7 Å². The fourth-order valence-corrected chi connectivity index (χ4v) is 3.29. The Morgan fingerprint density at radius 2 is 2.13 bits per heavy atom. The molecule has 2 aromatic heterocycles. The average Bonchev–Trinajstić information content (AvgIpc) is 2.97. The Bertz CT molecular complexity index is 643. The molecule has 0 amide bonds. The van der Waals surface area contributed by atoms with Crippen LogP contribution in [0.3, 0.4) is 0 Å². The molecule has 7 nitrogen and oxygen atoms in total. The molecule has 1 saturated heterocycles. The van der Waals surface area contributed by atoms with Crippen LogP contribution in [-0.2, 0) is 11.8 Å². The Hall–Kier alpha value is -1.73. The highest BCUT2D eigenvalue weighted by atomic mass is 16.5. The first-order valence-corrected chi connectivity index (χ1v) is 8.44. The van der Waals surface area contributed by atoms with E-state index < -0.39 is 0 Å². The van der Waals surface area contributed by atoms with Gasteiger partial charge < -0.3 is 9.64 Å². The van der Waals surface area contributed by atoms with Gasteiger partial charge in [0.25, 0.3) is 0 Å². The lowest BCUT2D eigenvalue weighted by Gasteiger charge is -2.41. The first-order chi connectivity index (χ1) is 11.2. The number of nitrogens with zero attached hydrogens (tertiary/aromatic N) is 6. The van der Waals surface area contributed by atoms with Crippen LogP contribution in [0.2, 0.25) is 0 Å². The number of piperazine rings is 1. The number of rotatable bonds is 6. The standard InChI is InChI=1S/C16H26N6O/c1-4-13-11-22(7-6-21(13)8-9-23-5-2)16-14-10-19-20(3)15(14)17-12-18-16/h10,12-13H,4-9,11H2,1-3H3/t13-/m0/s1. The fourth-order valence-electron chi connectivity index (χ4n) is 3.29. The van der Waals surface area contributed by atoms with Crippen LogP contribution < -0.4 is 4.90 Å². The van der Waals surface area contributed by atoms with Crippen molar-refractivity contribution < 1.29 is 4.74 Å². The summed E-state index contributed by atoms with van der Waals surface area (Å²) in [6.07, 6.45) is 4.64. The summed E-state index contributed by atoms with van der Waals surface area (Å²) < 4.78 is 7.32. The normalized spacial score (nSPS) is 19.6. The molecule has 1 aliphatic rings. The SMILES string of the molecule is CCOCCN1CCN(c2ncnc3c2cnn3C)C[C@@H]1CC. The van der Waals surface area contributed by atoms with E-state index in [2.05, 4.69) is 31.8 Å². The number of ether oxygens (including phenoxy) is 1. The number of aromatic nitrogens is 4. The van der Waals surface area contributed by atoms with Crippen molar-refractivity contribution in [1.29, 1.82) is 0 Å². The first-order valence-electron chi connectivity index (χ1n) is 8.44. The molecule has 0 aromatic carbocycles. The Kier molecular flexibility index (Phi) is 5.07. The van der Waals surface area contributed by atoms with Crippen LogP contribution in [0.15, 0.2) is 12.5 Å². The lowest BCUT2D eigenvalue weighted by Crippen LogP contribution is -2.54. The smallest absolute Gasteiger partial charge is 0.163 e. The third kappa shape index (κ3) is 3.30. The zero-order chi connectivity index (χ0) is 16.2. The van der Waals surface area contributed by atoms with E-state index in [4.69, 9.17) is 4.74 Å². The summed E-state index contributed by atoms with van der Waals surface area (Å²) in [7, 11) is 1.92. The molecule has 2 aromatic rings. The van der Waals surface area contributed by atoms with E-state index in [1.54, 1.807) is 11.0 Å². The van der Waals surface area contributed by atoms with Gasteiger partial charge in [-0.15, -0.1) is 0 Å². The molecule has 0 spiro atoms. The predicted octanol–water partition coefficient (Wildman–Crippen LogP) is 1.30. The zero-order valence-corrected chi connectivity index (χ0v) is 14.3. The van der Waals surface area contributed by atoms with E-state index in [0.29, 0.717) is 6.04 Å². The Morgan fingerprint density at radius 3 is 2.91 bits per heavy atom. The minimum atomic E-state index is 0.533. The molecule has 0 bridgehead atoms. The summed E-state index contributed by atoms with van der Waals surface area (Å²) in [5.74, 6) is 1.01. The van der Waals surface area contributed by atoms with Crippen LogP contribution >= 0.6 is 0 Å². The largest absolute Gasteiger partial charge is 0.380 e. The molecule has 0 radical (unpaired) electrons. The van der Waals surface area contributed by atoms with Gasteiger partial charge in [-0.05, 0) is 13.3 Å². The summed E-state index contributed by atoms with van der Waals surface area (Å²) in [6, 6.07) is 0.533. The number of aryl methyl sites for hydroxylation is 1. The maximum Gasteiger partial charge on any atom is 0.163 e. The molecule has 3 rings (SSSR count). The molecule has 1 atom stereocenters. The number of hydrogen-bond donors (Lipinski definition) is 0. The summed E-state index contributed by atoms with van der Waals surface area (Å²) in [5.41, 5.74) is 0.891. The van der Waals surface area contributed by atoms with Crippen LogP contribution in [0.4, 0.5) is 5.82 Å². The van der Waals surface area contributed by atoms with E-state index in [9.17, 15) is 0 Å². The maximum atomic E-state index is 5.51. The van der Waals surface area contributed by atoms with Crippen LogP contribution in [0.25, 0.3) is 11.0 Å². The molecule has 3 heterocycles. The second-order valence-corrected chi connectivity index (χ2v) is 5.94. The van der Waals surface area contributed by atoms with Gasteiger partial charge in [-0.1, -0.05) is 6.92 Å². The van der Waals surface area contributed by atoms with Gasteiger partial charge in [-0.3, -0.25) is 9.58 Å². The Labute approximate surface area is 137 Å². The van der Waals surface area contributed by atoms with Gasteiger partial charge in [0, 0.05) is 45.9 Å². The fraction of sp³-hybridized carbons (Fsp3) is 0.688. The molecule has 23 heavy (non-hydrogen) atoms. The summed E-state index contributed by atoms with van der Waals surface area (Å²) in [5, 5.41) is 5.35. The Balaban J connectivity index is 1.74. The van der Waals surface area contributed by atoms with Gasteiger partial charge >= 0.3 is 0 Å². The summed E-state index contributed by atoms with van der Waals surface area (Å²) in [6.45, 7) is 9.91. The van der Waals surface area contributed by atoms with Gasteiger partial charge in [-0.2, -0.15) is 5.10 Å². The maximum absolute atomic E-state index is 5.51. The molecular formula is C16H26N6O. The third-order valence-corrected chi connectivity index (χ3v) is 4.61. The highest BCUT2D eigenvalue weighted by Gasteiger charge is 2.27. The van der Waals surface area contributed by atoms with Crippen molar-refractivity contribution in [2.45, 2.75) is 26.3 Å². The summed E-state index contributed by atoms with van der Waals surface area (Å²) in [4.78, 5) is 13.8. The van der Waals surface area contributed by atoms with Crippen molar-refractivity contribution in [2.75, 3.05) is 44.3 Å². The van der Waals surface area contributed by atoms with E-state index in [1.165, 1.54) is 0 Å². The first kappa shape index (κ1) is 16.1. The highest BCUT2D eigenvalue weighted by Crippen LogP contribution is 2.25. The van der Waals surface area contributed by atoms with Crippen LogP contribution in [0.1, 0.15) is 20.3 Å². The molecule has 7 heteroatoms. The third-order valence-electron chi connectivity index (χ3n) is 4.61. The lowest BCUT2D eigenvalue weighted by atomic mass is 10.1. The van der Waals surface area contributed by atoms with Crippen molar-refractivity contribution in [1.82, 2.24) is 24.6 Å². The topological polar surface area (TPSA) is 59.3 Å².